The van der Waals surface area contributed by atoms with Crippen molar-refractivity contribution in [1.82, 2.24) is 0 Å². The van der Waals surface area contributed by atoms with E-state index in [1.54, 1.807) is 6.07 Å². The van der Waals surface area contributed by atoms with E-state index in [4.69, 9.17) is 7.85 Å². The summed E-state index contributed by atoms with van der Waals surface area (Å²) >= 11 is 0. The quantitative estimate of drug-likeness (QED) is 0.619. The Morgan fingerprint density at radius 3 is 2.62 bits per heavy atom. The van der Waals surface area contributed by atoms with E-state index in [-0.39, 0.29) is 11.3 Å². The van der Waals surface area contributed by atoms with Gasteiger partial charge in [-0.2, -0.15) is 0 Å². The van der Waals surface area contributed by atoms with E-state index in [1.165, 1.54) is 6.07 Å². The van der Waals surface area contributed by atoms with Gasteiger partial charge in [-0.15, -0.1) is 0 Å². The van der Waals surface area contributed by atoms with Gasteiger partial charge in [0.15, 0.2) is 0 Å². The first-order chi connectivity index (χ1) is 6.09. The molecule has 2 radical (unpaired) electrons. The van der Waals surface area contributed by atoms with Crippen LogP contribution in [-0.4, -0.2) is 7.85 Å². The topological polar surface area (TPSA) is 0 Å². The van der Waals surface area contributed by atoms with E-state index in [0.717, 1.165) is 18.4 Å². The molecule has 0 saturated heterocycles. The molecule has 0 aliphatic rings. The van der Waals surface area contributed by atoms with Crippen molar-refractivity contribution >= 4 is 13.3 Å². The highest BCUT2D eigenvalue weighted by Crippen LogP contribution is 2.09. The summed E-state index contributed by atoms with van der Waals surface area (Å²) in [5.74, 6) is 0.349. The van der Waals surface area contributed by atoms with Crippen LogP contribution in [0.25, 0.3) is 0 Å². The van der Waals surface area contributed by atoms with Crippen molar-refractivity contribution in [2.45, 2.75) is 26.7 Å². The van der Waals surface area contributed by atoms with Gasteiger partial charge in [0.2, 0.25) is 0 Å². The minimum Gasteiger partial charge on any atom is -0.208 e. The molecule has 0 saturated carbocycles. The fourth-order valence-electron chi connectivity index (χ4n) is 1.18. The van der Waals surface area contributed by atoms with E-state index in [9.17, 15) is 4.39 Å². The zero-order valence-electron chi connectivity index (χ0n) is 8.18. The van der Waals surface area contributed by atoms with Crippen LogP contribution in [0.2, 0.25) is 0 Å². The Balaban J connectivity index is 2.63. The van der Waals surface area contributed by atoms with Crippen LogP contribution in [0, 0.1) is 11.7 Å². The summed E-state index contributed by atoms with van der Waals surface area (Å²) in [6.45, 7) is 4.32. The van der Waals surface area contributed by atoms with Gasteiger partial charge in [-0.3, -0.25) is 0 Å². The highest BCUT2D eigenvalue weighted by Gasteiger charge is 2.00. The molecule has 1 rings (SSSR count). The Bertz CT molecular complexity index is 281. The summed E-state index contributed by atoms with van der Waals surface area (Å²) < 4.78 is 13.0. The Labute approximate surface area is 80.6 Å². The number of halogens is 1. The van der Waals surface area contributed by atoms with Crippen LogP contribution < -0.4 is 5.46 Å². The first-order valence-corrected chi connectivity index (χ1v) is 4.63. The minimum atomic E-state index is -0.304. The lowest BCUT2D eigenvalue weighted by molar-refractivity contribution is 0.582. The molecule has 0 amide bonds. The van der Waals surface area contributed by atoms with Gasteiger partial charge in [-0.05, 0) is 30.4 Å². The Morgan fingerprint density at radius 1 is 1.38 bits per heavy atom. The standard InChI is InChI=1S/C11H14BF/c1-8(2)3-4-9-5-6-10(12)11(13)7-9/h5-8H,3-4H2,1-2H3. The maximum Gasteiger partial charge on any atom is 0.117 e. The van der Waals surface area contributed by atoms with Crippen LogP contribution in [0.4, 0.5) is 4.39 Å². The number of rotatable bonds is 3. The third kappa shape index (κ3) is 3.21. The highest BCUT2D eigenvalue weighted by molar-refractivity contribution is 6.32. The van der Waals surface area contributed by atoms with Crippen molar-refractivity contribution in [3.63, 3.8) is 0 Å². The van der Waals surface area contributed by atoms with E-state index in [1.807, 2.05) is 6.07 Å². The van der Waals surface area contributed by atoms with Crippen LogP contribution >= 0.6 is 0 Å². The van der Waals surface area contributed by atoms with Gasteiger partial charge in [0, 0.05) is 0 Å². The van der Waals surface area contributed by atoms with Crippen molar-refractivity contribution in [2.24, 2.45) is 5.92 Å². The van der Waals surface area contributed by atoms with E-state index < -0.39 is 0 Å². The zero-order chi connectivity index (χ0) is 9.84. The van der Waals surface area contributed by atoms with E-state index in [0.29, 0.717) is 5.92 Å². The summed E-state index contributed by atoms with van der Waals surface area (Å²) in [7, 11) is 5.37. The molecule has 2 heteroatoms. The Hall–Kier alpha value is -0.785. The van der Waals surface area contributed by atoms with Crippen molar-refractivity contribution in [3.05, 3.63) is 29.6 Å². The first-order valence-electron chi connectivity index (χ1n) is 4.63. The summed E-state index contributed by atoms with van der Waals surface area (Å²) in [6, 6.07) is 5.05. The van der Waals surface area contributed by atoms with Gasteiger partial charge >= 0.3 is 0 Å². The SMILES string of the molecule is [B]c1ccc(CCC(C)C)cc1F. The van der Waals surface area contributed by atoms with E-state index in [2.05, 4.69) is 13.8 Å². The molecule has 68 valence electrons. The molecule has 0 bridgehead atoms. The number of hydrogen-bond donors (Lipinski definition) is 0. The highest BCUT2D eigenvalue weighted by atomic mass is 19.1. The van der Waals surface area contributed by atoms with Crippen LogP contribution in [0.3, 0.4) is 0 Å². The van der Waals surface area contributed by atoms with E-state index >= 15 is 0 Å². The first kappa shape index (κ1) is 10.3. The molecule has 0 nitrogen and oxygen atoms in total. The minimum absolute atomic E-state index is 0.230. The molecule has 0 aliphatic heterocycles. The monoisotopic (exact) mass is 176 g/mol. The number of aryl methyl sites for hydroxylation is 1. The summed E-state index contributed by atoms with van der Waals surface area (Å²) in [5.41, 5.74) is 1.26. The lowest BCUT2D eigenvalue weighted by Crippen LogP contribution is -2.08. The van der Waals surface area contributed by atoms with Gasteiger partial charge in [-0.1, -0.05) is 31.4 Å². The molecule has 0 heterocycles. The molecule has 0 atom stereocenters. The van der Waals surface area contributed by atoms with Crippen molar-refractivity contribution in [3.8, 4) is 0 Å². The van der Waals surface area contributed by atoms with Gasteiger partial charge < -0.3 is 0 Å². The second-order valence-electron chi connectivity index (χ2n) is 3.79. The third-order valence-corrected chi connectivity index (χ3v) is 2.08. The Morgan fingerprint density at radius 2 is 2.08 bits per heavy atom. The molecule has 13 heavy (non-hydrogen) atoms. The normalized spacial score (nSPS) is 10.8. The number of benzene rings is 1. The van der Waals surface area contributed by atoms with Crippen LogP contribution in [0.15, 0.2) is 18.2 Å². The summed E-state index contributed by atoms with van der Waals surface area (Å²) in [4.78, 5) is 0. The summed E-state index contributed by atoms with van der Waals surface area (Å²) in [6.07, 6.45) is 2.01. The molecule has 0 fully saturated rings. The maximum atomic E-state index is 13.0. The lowest BCUT2D eigenvalue weighted by atomic mass is 9.93. The second-order valence-corrected chi connectivity index (χ2v) is 3.79. The van der Waals surface area contributed by atoms with Gasteiger partial charge in [0.05, 0.1) is 0 Å². The molecule has 0 N–H and O–H groups in total. The average molecular weight is 176 g/mol. The largest absolute Gasteiger partial charge is 0.208 e. The molecule has 0 unspecified atom stereocenters. The molecule has 0 spiro atoms. The fourth-order valence-corrected chi connectivity index (χ4v) is 1.18. The average Bonchev–Trinajstić information content (AvgIpc) is 2.07. The van der Waals surface area contributed by atoms with Crippen molar-refractivity contribution in [2.75, 3.05) is 0 Å². The zero-order valence-corrected chi connectivity index (χ0v) is 8.18. The molecule has 1 aromatic carbocycles. The lowest BCUT2D eigenvalue weighted by Gasteiger charge is -2.05. The molecular formula is C11H14BF. The molecule has 1 aromatic rings. The molecule has 0 aromatic heterocycles. The predicted octanol–water partition coefficient (Wildman–Crippen LogP) is 2.21. The molecular weight excluding hydrogens is 162 g/mol. The van der Waals surface area contributed by atoms with Gasteiger partial charge in [0.25, 0.3) is 0 Å². The summed E-state index contributed by atoms with van der Waals surface area (Å²) in [5, 5.41) is 0. The predicted molar refractivity (Wildman–Crippen MR) is 54.9 cm³/mol. The van der Waals surface area contributed by atoms with Gasteiger partial charge in [0.1, 0.15) is 13.7 Å². The maximum absolute atomic E-state index is 13.0. The van der Waals surface area contributed by atoms with Crippen LogP contribution in [0.5, 0.6) is 0 Å². The van der Waals surface area contributed by atoms with Crippen LogP contribution in [-0.2, 0) is 6.42 Å². The smallest absolute Gasteiger partial charge is 0.117 e. The van der Waals surface area contributed by atoms with Gasteiger partial charge in [-0.25, -0.2) is 4.39 Å². The van der Waals surface area contributed by atoms with Crippen molar-refractivity contribution < 1.29 is 4.39 Å². The number of hydrogen-bond acceptors (Lipinski definition) is 0. The Kier molecular flexibility index (Phi) is 3.53. The molecule has 0 aliphatic carbocycles. The fraction of sp³-hybridized carbons (Fsp3) is 0.455. The van der Waals surface area contributed by atoms with Crippen molar-refractivity contribution in [1.29, 1.82) is 0 Å². The van der Waals surface area contributed by atoms with Crippen LogP contribution in [0.1, 0.15) is 25.8 Å². The second kappa shape index (κ2) is 4.45. The third-order valence-electron chi connectivity index (χ3n) is 2.08.